The number of rotatable bonds is 9. The predicted molar refractivity (Wildman–Crippen MR) is 84.4 cm³/mol. The molecule has 0 spiro atoms. The smallest absolute Gasteiger partial charge is 0.165 e. The van der Waals surface area contributed by atoms with Gasteiger partial charge in [0.25, 0.3) is 0 Å². The molecule has 0 heterocycles. The van der Waals surface area contributed by atoms with Crippen molar-refractivity contribution in [1.29, 1.82) is 0 Å². The second-order valence-electron chi connectivity index (χ2n) is 5.22. The number of methoxy groups -OCH3 is 1. The zero-order valence-corrected chi connectivity index (χ0v) is 13.8. The van der Waals surface area contributed by atoms with E-state index < -0.39 is 0 Å². The second kappa shape index (κ2) is 8.35. The van der Waals surface area contributed by atoms with Gasteiger partial charge in [0.2, 0.25) is 0 Å². The summed E-state index contributed by atoms with van der Waals surface area (Å²) in [5.74, 6) is -0.0401. The van der Waals surface area contributed by atoms with Gasteiger partial charge < -0.3 is 14.8 Å². The monoisotopic (exact) mass is 297 g/mol. The number of benzene rings is 1. The standard InChI is InChI=1S/C17H28FNO2/c1-6-17(7-2,21-8-3)16(19-4)12-13-9-10-15(20-5)14(18)11-13/h9-11,16,19H,6-8,12H2,1-5H3. The van der Waals surface area contributed by atoms with Crippen LogP contribution in [0.5, 0.6) is 5.75 Å². The van der Waals surface area contributed by atoms with E-state index in [4.69, 9.17) is 9.47 Å². The van der Waals surface area contributed by atoms with Gasteiger partial charge in [0.1, 0.15) is 0 Å². The molecular formula is C17H28FNO2. The molecule has 1 aromatic carbocycles. The number of hydrogen-bond donors (Lipinski definition) is 1. The van der Waals surface area contributed by atoms with Gasteiger partial charge in [0.15, 0.2) is 11.6 Å². The molecule has 0 saturated carbocycles. The molecule has 0 aliphatic carbocycles. The average molecular weight is 297 g/mol. The molecule has 0 aliphatic rings. The molecule has 0 aliphatic heterocycles. The van der Waals surface area contributed by atoms with Crippen molar-refractivity contribution in [2.75, 3.05) is 20.8 Å². The van der Waals surface area contributed by atoms with Gasteiger partial charge in [0, 0.05) is 12.6 Å². The fourth-order valence-electron chi connectivity index (χ4n) is 2.96. The summed E-state index contributed by atoms with van der Waals surface area (Å²) in [5, 5.41) is 3.35. The first kappa shape index (κ1) is 17.9. The van der Waals surface area contributed by atoms with Crippen molar-refractivity contribution in [3.63, 3.8) is 0 Å². The first-order valence-electron chi connectivity index (χ1n) is 7.70. The van der Waals surface area contributed by atoms with Crippen molar-refractivity contribution >= 4 is 0 Å². The Hall–Kier alpha value is -1.13. The minimum atomic E-state index is -0.320. The highest BCUT2D eigenvalue weighted by Crippen LogP contribution is 2.28. The van der Waals surface area contributed by atoms with Crippen molar-refractivity contribution in [3.05, 3.63) is 29.6 Å². The summed E-state index contributed by atoms with van der Waals surface area (Å²) in [5.41, 5.74) is 0.721. The SMILES string of the molecule is CCOC(CC)(CC)C(Cc1ccc(OC)c(F)c1)NC. The molecule has 21 heavy (non-hydrogen) atoms. The summed E-state index contributed by atoms with van der Waals surface area (Å²) in [6.07, 6.45) is 2.56. The van der Waals surface area contributed by atoms with Gasteiger partial charge in [0.05, 0.1) is 12.7 Å². The summed E-state index contributed by atoms with van der Waals surface area (Å²) >= 11 is 0. The van der Waals surface area contributed by atoms with Crippen molar-refractivity contribution in [3.8, 4) is 5.75 Å². The minimum absolute atomic E-state index is 0.139. The van der Waals surface area contributed by atoms with Crippen molar-refractivity contribution in [2.24, 2.45) is 0 Å². The van der Waals surface area contributed by atoms with Gasteiger partial charge in [-0.2, -0.15) is 0 Å². The fraction of sp³-hybridized carbons (Fsp3) is 0.647. The molecule has 4 heteroatoms. The number of hydrogen-bond acceptors (Lipinski definition) is 3. The van der Waals surface area contributed by atoms with Crippen molar-refractivity contribution in [1.82, 2.24) is 5.32 Å². The van der Waals surface area contributed by atoms with Crippen molar-refractivity contribution in [2.45, 2.75) is 51.7 Å². The van der Waals surface area contributed by atoms with Crippen LogP contribution in [0.25, 0.3) is 0 Å². The molecule has 1 atom stereocenters. The summed E-state index contributed by atoms with van der Waals surface area (Å²) in [6.45, 7) is 6.97. The molecule has 1 rings (SSSR count). The van der Waals surface area contributed by atoms with E-state index in [0.717, 1.165) is 24.8 Å². The molecule has 1 aromatic rings. The first-order chi connectivity index (χ1) is 10.1. The molecule has 0 amide bonds. The maximum absolute atomic E-state index is 13.8. The average Bonchev–Trinajstić information content (AvgIpc) is 2.51. The maximum atomic E-state index is 13.8. The molecule has 120 valence electrons. The molecular weight excluding hydrogens is 269 g/mol. The van der Waals surface area contributed by atoms with Crippen LogP contribution >= 0.6 is 0 Å². The van der Waals surface area contributed by atoms with Crippen LogP contribution in [-0.4, -0.2) is 32.4 Å². The molecule has 0 fully saturated rings. The zero-order chi connectivity index (χ0) is 15.9. The third-order valence-corrected chi connectivity index (χ3v) is 4.27. The summed E-state index contributed by atoms with van der Waals surface area (Å²) < 4.78 is 24.8. The largest absolute Gasteiger partial charge is 0.494 e. The topological polar surface area (TPSA) is 30.5 Å². The second-order valence-corrected chi connectivity index (χ2v) is 5.22. The van der Waals surface area contributed by atoms with E-state index in [9.17, 15) is 4.39 Å². The molecule has 0 aromatic heterocycles. The molecule has 0 radical (unpaired) electrons. The third-order valence-electron chi connectivity index (χ3n) is 4.27. The van der Waals surface area contributed by atoms with Crippen molar-refractivity contribution < 1.29 is 13.9 Å². The van der Waals surface area contributed by atoms with E-state index >= 15 is 0 Å². The number of likely N-dealkylation sites (N-methyl/N-ethyl adjacent to an activating group) is 1. The Balaban J connectivity index is 2.97. The quantitative estimate of drug-likeness (QED) is 0.756. The highest BCUT2D eigenvalue weighted by molar-refractivity contribution is 5.30. The Kier molecular flexibility index (Phi) is 7.12. The van der Waals surface area contributed by atoms with Gasteiger partial charge >= 0.3 is 0 Å². The van der Waals surface area contributed by atoms with Crippen LogP contribution in [0.3, 0.4) is 0 Å². The van der Waals surface area contributed by atoms with E-state index in [1.54, 1.807) is 12.1 Å². The van der Waals surface area contributed by atoms with Gasteiger partial charge in [-0.3, -0.25) is 0 Å². The summed E-state index contributed by atoms with van der Waals surface area (Å²) in [4.78, 5) is 0. The van der Waals surface area contributed by atoms with Gasteiger partial charge in [-0.25, -0.2) is 4.39 Å². The lowest BCUT2D eigenvalue weighted by Crippen LogP contribution is -2.52. The van der Waals surface area contributed by atoms with Crippen LogP contribution in [0.1, 0.15) is 39.2 Å². The Morgan fingerprint density at radius 2 is 1.90 bits per heavy atom. The summed E-state index contributed by atoms with van der Waals surface area (Å²) in [7, 11) is 3.41. The summed E-state index contributed by atoms with van der Waals surface area (Å²) in [6, 6.07) is 5.28. The van der Waals surface area contributed by atoms with E-state index in [1.165, 1.54) is 7.11 Å². The Morgan fingerprint density at radius 1 is 1.24 bits per heavy atom. The number of nitrogens with one attached hydrogen (secondary N) is 1. The third kappa shape index (κ3) is 4.17. The van der Waals surface area contributed by atoms with E-state index in [0.29, 0.717) is 6.61 Å². The molecule has 3 nitrogen and oxygen atoms in total. The first-order valence-corrected chi connectivity index (χ1v) is 7.70. The van der Waals surface area contributed by atoms with E-state index in [-0.39, 0.29) is 23.2 Å². The highest BCUT2D eigenvalue weighted by atomic mass is 19.1. The number of ether oxygens (including phenoxy) is 2. The Labute approximate surface area is 127 Å². The molecule has 0 saturated heterocycles. The predicted octanol–water partition coefficient (Wildman–Crippen LogP) is 3.56. The lowest BCUT2D eigenvalue weighted by atomic mass is 9.84. The van der Waals surface area contributed by atoms with Crippen LogP contribution in [0.4, 0.5) is 4.39 Å². The normalized spacial score (nSPS) is 13.2. The maximum Gasteiger partial charge on any atom is 0.165 e. The highest BCUT2D eigenvalue weighted by Gasteiger charge is 2.35. The lowest BCUT2D eigenvalue weighted by Gasteiger charge is -2.39. The lowest BCUT2D eigenvalue weighted by molar-refractivity contribution is -0.0703. The Morgan fingerprint density at radius 3 is 2.33 bits per heavy atom. The Bertz CT molecular complexity index is 433. The zero-order valence-electron chi connectivity index (χ0n) is 13.8. The van der Waals surface area contributed by atoms with Crippen LogP contribution in [0.15, 0.2) is 18.2 Å². The van der Waals surface area contributed by atoms with E-state index in [2.05, 4.69) is 19.2 Å². The van der Waals surface area contributed by atoms with E-state index in [1.807, 2.05) is 20.0 Å². The van der Waals surface area contributed by atoms with Gasteiger partial charge in [-0.05, 0) is 50.9 Å². The van der Waals surface area contributed by atoms with Crippen LogP contribution in [-0.2, 0) is 11.2 Å². The van der Waals surface area contributed by atoms with Crippen LogP contribution in [0, 0.1) is 5.82 Å². The molecule has 0 bridgehead atoms. The van der Waals surface area contributed by atoms with Gasteiger partial charge in [-0.15, -0.1) is 0 Å². The molecule has 1 N–H and O–H groups in total. The van der Waals surface area contributed by atoms with Crippen LogP contribution < -0.4 is 10.1 Å². The minimum Gasteiger partial charge on any atom is -0.494 e. The van der Waals surface area contributed by atoms with Gasteiger partial charge in [-0.1, -0.05) is 19.9 Å². The number of halogens is 1. The fourth-order valence-corrected chi connectivity index (χ4v) is 2.96. The molecule has 1 unspecified atom stereocenters. The van der Waals surface area contributed by atoms with Crippen LogP contribution in [0.2, 0.25) is 0 Å².